The minimum atomic E-state index is -4.96. The molecule has 0 saturated carbocycles. The lowest BCUT2D eigenvalue weighted by atomic mass is 9.99. The summed E-state index contributed by atoms with van der Waals surface area (Å²) >= 11 is 0. The van der Waals surface area contributed by atoms with Gasteiger partial charge < -0.3 is 33.8 Å². The molecule has 0 aliphatic rings. The Kier molecular flexibility index (Phi) is 59.7. The molecule has 0 heterocycles. The maximum Gasteiger partial charge on any atom is 0.472 e. The zero-order valence-corrected chi connectivity index (χ0v) is 59.9. The normalized spacial score (nSPS) is 15.0. The SMILES string of the molecule is CCCCCC/C=C\C=C/CCCCCCCC(=O)O[C@H](COC(=O)CCCCCCCCC(C)CC)COP(=O)(O)OC[C@H](O)COP(=O)(O)OC[C@@H](COC(=O)CCCCCCCCCCCCC(C)C)OC(=O)CCCCCCCCCCC(C)CC. The van der Waals surface area contributed by atoms with Crippen molar-refractivity contribution in [2.75, 3.05) is 39.6 Å². The number of phosphoric acid groups is 2. The van der Waals surface area contributed by atoms with Crippen molar-refractivity contribution < 1.29 is 80.2 Å². The second kappa shape index (κ2) is 61.4. The van der Waals surface area contributed by atoms with Crippen LogP contribution in [-0.4, -0.2) is 96.7 Å². The van der Waals surface area contributed by atoms with Gasteiger partial charge >= 0.3 is 39.5 Å². The van der Waals surface area contributed by atoms with Gasteiger partial charge in [0, 0.05) is 25.7 Å². The third-order valence-corrected chi connectivity index (χ3v) is 18.4. The first-order chi connectivity index (χ1) is 43.3. The maximum absolute atomic E-state index is 13.0. The van der Waals surface area contributed by atoms with E-state index in [0.29, 0.717) is 25.7 Å². The Balaban J connectivity index is 5.30. The Morgan fingerprint density at radius 2 is 0.656 bits per heavy atom. The monoisotopic (exact) mass is 1320 g/mol. The molecular formula is C71H134O17P2. The number of phosphoric ester groups is 2. The summed E-state index contributed by atoms with van der Waals surface area (Å²) in [4.78, 5) is 72.6. The first-order valence-corrected chi connectivity index (χ1v) is 39.2. The third-order valence-electron chi connectivity index (χ3n) is 16.5. The minimum absolute atomic E-state index is 0.0836. The molecule has 0 amide bonds. The number of rotatable bonds is 67. The number of hydrogen-bond donors (Lipinski definition) is 3. The molecule has 4 unspecified atom stereocenters. The van der Waals surface area contributed by atoms with Crippen LogP contribution in [-0.2, 0) is 65.4 Å². The average Bonchev–Trinajstić information content (AvgIpc) is 3.64. The number of ether oxygens (including phenoxy) is 4. The zero-order chi connectivity index (χ0) is 66.6. The van der Waals surface area contributed by atoms with Gasteiger partial charge in [-0.3, -0.25) is 37.3 Å². The van der Waals surface area contributed by atoms with Gasteiger partial charge in [0.25, 0.3) is 0 Å². The van der Waals surface area contributed by atoms with E-state index < -0.39 is 97.5 Å². The van der Waals surface area contributed by atoms with E-state index >= 15 is 0 Å². The fourth-order valence-corrected chi connectivity index (χ4v) is 11.7. The van der Waals surface area contributed by atoms with Crippen LogP contribution < -0.4 is 0 Å². The van der Waals surface area contributed by atoms with Gasteiger partial charge in [-0.25, -0.2) is 9.13 Å². The second-order valence-corrected chi connectivity index (χ2v) is 28.8. The highest BCUT2D eigenvalue weighted by atomic mass is 31.2. The van der Waals surface area contributed by atoms with Crippen LogP contribution in [0.2, 0.25) is 0 Å². The van der Waals surface area contributed by atoms with Crippen molar-refractivity contribution in [3.05, 3.63) is 24.3 Å². The number of allylic oxidation sites excluding steroid dienone is 4. The molecule has 0 radical (unpaired) electrons. The summed E-state index contributed by atoms with van der Waals surface area (Å²) < 4.78 is 68.3. The van der Waals surface area contributed by atoms with Crippen LogP contribution in [0.5, 0.6) is 0 Å². The highest BCUT2D eigenvalue weighted by molar-refractivity contribution is 7.47. The molecule has 0 aliphatic heterocycles. The molecule has 0 rings (SSSR count). The molecule has 3 N–H and O–H groups in total. The highest BCUT2D eigenvalue weighted by Crippen LogP contribution is 2.45. The number of hydrogen-bond acceptors (Lipinski definition) is 15. The van der Waals surface area contributed by atoms with Gasteiger partial charge in [-0.1, -0.05) is 278 Å². The van der Waals surface area contributed by atoms with Crippen molar-refractivity contribution in [2.24, 2.45) is 17.8 Å². The molecule has 0 bridgehead atoms. The lowest BCUT2D eigenvalue weighted by Gasteiger charge is -2.21. The Bertz CT molecular complexity index is 1860. The molecule has 0 saturated heterocycles. The van der Waals surface area contributed by atoms with E-state index in [2.05, 4.69) is 72.8 Å². The van der Waals surface area contributed by atoms with E-state index in [1.807, 2.05) is 0 Å². The number of unbranched alkanes of at least 4 members (excludes halogenated alkanes) is 30. The highest BCUT2D eigenvalue weighted by Gasteiger charge is 2.30. The van der Waals surface area contributed by atoms with Crippen LogP contribution in [0.3, 0.4) is 0 Å². The molecule has 0 aromatic heterocycles. The molecule has 90 heavy (non-hydrogen) atoms. The quantitative estimate of drug-likeness (QED) is 0.0169. The topological polar surface area (TPSA) is 237 Å². The van der Waals surface area contributed by atoms with Gasteiger partial charge in [0.2, 0.25) is 0 Å². The molecule has 0 aromatic carbocycles. The number of aliphatic hydroxyl groups is 1. The van der Waals surface area contributed by atoms with E-state index in [4.69, 9.17) is 37.0 Å². The van der Waals surface area contributed by atoms with E-state index in [1.165, 1.54) is 122 Å². The molecular weight excluding hydrogens is 1190 g/mol. The molecule has 530 valence electrons. The predicted molar refractivity (Wildman–Crippen MR) is 363 cm³/mol. The zero-order valence-electron chi connectivity index (χ0n) is 58.1. The van der Waals surface area contributed by atoms with Gasteiger partial charge in [0.15, 0.2) is 12.2 Å². The van der Waals surface area contributed by atoms with Gasteiger partial charge in [0.1, 0.15) is 19.3 Å². The van der Waals surface area contributed by atoms with Gasteiger partial charge in [0.05, 0.1) is 26.4 Å². The first kappa shape index (κ1) is 87.5. The van der Waals surface area contributed by atoms with Gasteiger partial charge in [-0.2, -0.15) is 0 Å². The molecule has 0 spiro atoms. The van der Waals surface area contributed by atoms with Crippen LogP contribution in [0.1, 0.15) is 331 Å². The summed E-state index contributed by atoms with van der Waals surface area (Å²) in [6.07, 6.45) is 48.0. The van der Waals surface area contributed by atoms with Crippen molar-refractivity contribution in [2.45, 2.75) is 349 Å². The molecule has 0 fully saturated rings. The molecule has 19 heteroatoms. The van der Waals surface area contributed by atoms with E-state index in [-0.39, 0.29) is 25.7 Å². The van der Waals surface area contributed by atoms with E-state index in [1.54, 1.807) is 0 Å². The Hall–Kier alpha value is -2.46. The maximum atomic E-state index is 13.0. The van der Waals surface area contributed by atoms with Gasteiger partial charge in [-0.15, -0.1) is 0 Å². The Morgan fingerprint density at radius 1 is 0.367 bits per heavy atom. The van der Waals surface area contributed by atoms with Crippen LogP contribution in [0.15, 0.2) is 24.3 Å². The minimum Gasteiger partial charge on any atom is -0.462 e. The van der Waals surface area contributed by atoms with E-state index in [0.717, 1.165) is 127 Å². The van der Waals surface area contributed by atoms with Gasteiger partial charge in [-0.05, 0) is 69.1 Å². The second-order valence-electron chi connectivity index (χ2n) is 25.9. The first-order valence-electron chi connectivity index (χ1n) is 36.2. The van der Waals surface area contributed by atoms with Crippen molar-refractivity contribution in [1.29, 1.82) is 0 Å². The average molecular weight is 1320 g/mol. The fourth-order valence-electron chi connectivity index (χ4n) is 10.1. The summed E-state index contributed by atoms with van der Waals surface area (Å²) in [5, 5.41) is 10.6. The summed E-state index contributed by atoms with van der Waals surface area (Å²) in [5.41, 5.74) is 0. The standard InChI is InChI=1S/C71H134O17P2/c1-8-11-12-13-14-15-16-17-18-19-20-25-31-40-47-54-70(75)87-67(59-82-69(74)53-46-39-34-33-37-44-51-64(7)10-3)61-86-90(79,80)84-57-65(72)56-83-89(77,78)85-60-66(88-71(76)55-48-41-32-27-26-29-36-43-50-63(6)9-2)58-81-68(73)52-45-38-30-24-22-21-23-28-35-42-49-62(4)5/h15-18,62-67,72H,8-14,19-61H2,1-7H3,(H,77,78)(H,79,80)/b16-15-,18-17-/t63?,64?,65-,66-,67-/m1/s1. The van der Waals surface area contributed by atoms with Crippen LogP contribution in [0, 0.1) is 17.8 Å². The van der Waals surface area contributed by atoms with Crippen LogP contribution in [0.25, 0.3) is 0 Å². The van der Waals surface area contributed by atoms with Crippen LogP contribution >= 0.6 is 15.6 Å². The Labute approximate surface area is 548 Å². The fraction of sp³-hybridized carbons (Fsp3) is 0.887. The predicted octanol–water partition coefficient (Wildman–Crippen LogP) is 19.8. The summed E-state index contributed by atoms with van der Waals surface area (Å²) in [7, 11) is -9.92. The van der Waals surface area contributed by atoms with Crippen molar-refractivity contribution in [3.8, 4) is 0 Å². The largest absolute Gasteiger partial charge is 0.472 e. The number of aliphatic hydroxyl groups excluding tert-OH is 1. The van der Waals surface area contributed by atoms with E-state index in [9.17, 15) is 43.2 Å². The summed E-state index contributed by atoms with van der Waals surface area (Å²) in [6, 6.07) is 0. The molecule has 0 aromatic rings. The molecule has 17 nitrogen and oxygen atoms in total. The lowest BCUT2D eigenvalue weighted by Crippen LogP contribution is -2.30. The van der Waals surface area contributed by atoms with Crippen LogP contribution in [0.4, 0.5) is 0 Å². The van der Waals surface area contributed by atoms with Crippen molar-refractivity contribution in [3.63, 3.8) is 0 Å². The molecule has 0 aliphatic carbocycles. The smallest absolute Gasteiger partial charge is 0.462 e. The number of carbonyl (C=O) groups excluding carboxylic acids is 4. The summed E-state index contributed by atoms with van der Waals surface area (Å²) in [5.74, 6) is 0.0940. The number of esters is 4. The lowest BCUT2D eigenvalue weighted by molar-refractivity contribution is -0.161. The summed E-state index contributed by atoms with van der Waals surface area (Å²) in [6.45, 7) is 11.7. The van der Waals surface area contributed by atoms with Crippen molar-refractivity contribution >= 4 is 39.5 Å². The number of carbonyl (C=O) groups is 4. The third kappa shape index (κ3) is 61.7. The Morgan fingerprint density at radius 3 is 0.989 bits per heavy atom. The van der Waals surface area contributed by atoms with Crippen molar-refractivity contribution in [1.82, 2.24) is 0 Å². The molecule has 7 atom stereocenters.